The molecule has 0 aromatic carbocycles. The van der Waals surface area contributed by atoms with Gasteiger partial charge in [0.25, 0.3) is 5.91 Å². The molecule has 2 N–H and O–H groups in total. The first-order chi connectivity index (χ1) is 8.74. The van der Waals surface area contributed by atoms with Crippen molar-refractivity contribution >= 4 is 29.7 Å². The standard InChI is InChI=1S/C14H22N2OS.ClH/c1-3-5-12-11(4-2)6-13(18-12)14(17)16-9-10-7-15-8-10;/h6,10,15H,3-5,7-9H2,1-2H3,(H,16,17);1H. The molecular weight excluding hydrogens is 280 g/mol. The van der Waals surface area contributed by atoms with Gasteiger partial charge in [0.2, 0.25) is 0 Å². The van der Waals surface area contributed by atoms with E-state index in [4.69, 9.17) is 0 Å². The summed E-state index contributed by atoms with van der Waals surface area (Å²) in [5.74, 6) is 0.721. The molecule has 19 heavy (non-hydrogen) atoms. The number of rotatable bonds is 6. The molecular formula is C14H23ClN2OS. The van der Waals surface area contributed by atoms with Gasteiger partial charge in [-0.2, -0.15) is 0 Å². The first-order valence-corrected chi connectivity index (χ1v) is 7.66. The van der Waals surface area contributed by atoms with Gasteiger partial charge in [-0.15, -0.1) is 23.7 Å². The van der Waals surface area contributed by atoms with Gasteiger partial charge in [-0.25, -0.2) is 0 Å². The highest BCUT2D eigenvalue weighted by Gasteiger charge is 2.19. The molecule has 2 heterocycles. The minimum absolute atomic E-state index is 0. The van der Waals surface area contributed by atoms with E-state index in [-0.39, 0.29) is 18.3 Å². The Bertz CT molecular complexity index is 416. The summed E-state index contributed by atoms with van der Waals surface area (Å²) in [5, 5.41) is 6.25. The van der Waals surface area contributed by atoms with E-state index in [1.807, 2.05) is 0 Å². The third kappa shape index (κ3) is 4.20. The number of hydrogen-bond acceptors (Lipinski definition) is 3. The Hall–Kier alpha value is -0.580. The highest BCUT2D eigenvalue weighted by atomic mass is 35.5. The quantitative estimate of drug-likeness (QED) is 0.848. The Labute approximate surface area is 125 Å². The molecule has 1 aliphatic heterocycles. The fourth-order valence-corrected chi connectivity index (χ4v) is 3.41. The second-order valence-electron chi connectivity index (χ2n) is 4.90. The van der Waals surface area contributed by atoms with Crippen LogP contribution in [-0.4, -0.2) is 25.5 Å². The number of hydrogen-bond donors (Lipinski definition) is 2. The molecule has 1 aliphatic rings. The summed E-state index contributed by atoms with van der Waals surface area (Å²) in [7, 11) is 0. The first kappa shape index (κ1) is 16.5. The molecule has 1 fully saturated rings. The van der Waals surface area contributed by atoms with E-state index in [1.54, 1.807) is 11.3 Å². The lowest BCUT2D eigenvalue weighted by Gasteiger charge is -2.26. The fourth-order valence-electron chi connectivity index (χ4n) is 2.13. The minimum atomic E-state index is 0. The average molecular weight is 303 g/mol. The zero-order valence-corrected chi connectivity index (χ0v) is 13.3. The highest BCUT2D eigenvalue weighted by Crippen LogP contribution is 2.24. The predicted octanol–water partition coefficient (Wildman–Crippen LogP) is 2.63. The van der Waals surface area contributed by atoms with Gasteiger partial charge in [-0.3, -0.25) is 4.79 Å². The molecule has 3 nitrogen and oxygen atoms in total. The molecule has 0 radical (unpaired) electrons. The molecule has 0 atom stereocenters. The Balaban J connectivity index is 0.00000180. The van der Waals surface area contributed by atoms with Gasteiger partial charge in [0.05, 0.1) is 4.88 Å². The lowest BCUT2D eigenvalue weighted by atomic mass is 10.0. The van der Waals surface area contributed by atoms with Crippen molar-refractivity contribution < 1.29 is 4.79 Å². The van der Waals surface area contributed by atoms with Crippen LogP contribution in [-0.2, 0) is 12.8 Å². The summed E-state index contributed by atoms with van der Waals surface area (Å²) in [6.45, 7) is 7.21. The second kappa shape index (κ2) is 7.88. The van der Waals surface area contributed by atoms with E-state index >= 15 is 0 Å². The predicted molar refractivity (Wildman–Crippen MR) is 83.6 cm³/mol. The largest absolute Gasteiger partial charge is 0.351 e. The van der Waals surface area contributed by atoms with Crippen molar-refractivity contribution in [3.8, 4) is 0 Å². The molecule has 1 aromatic heterocycles. The van der Waals surface area contributed by atoms with Crippen molar-refractivity contribution in [1.29, 1.82) is 0 Å². The van der Waals surface area contributed by atoms with Crippen molar-refractivity contribution in [2.75, 3.05) is 19.6 Å². The molecule has 1 saturated heterocycles. The third-order valence-corrected chi connectivity index (χ3v) is 4.63. The smallest absolute Gasteiger partial charge is 0.261 e. The van der Waals surface area contributed by atoms with Crippen LogP contribution in [0.2, 0.25) is 0 Å². The number of carbonyl (C=O) groups excluding carboxylic acids is 1. The van der Waals surface area contributed by atoms with Crippen molar-refractivity contribution in [2.24, 2.45) is 5.92 Å². The maximum atomic E-state index is 12.1. The summed E-state index contributed by atoms with van der Waals surface area (Å²) < 4.78 is 0. The van der Waals surface area contributed by atoms with E-state index in [0.717, 1.165) is 43.8 Å². The van der Waals surface area contributed by atoms with Gasteiger partial charge in [0, 0.05) is 30.4 Å². The van der Waals surface area contributed by atoms with Gasteiger partial charge in [0.15, 0.2) is 0 Å². The summed E-state index contributed by atoms with van der Waals surface area (Å²) in [6.07, 6.45) is 3.25. The SMILES string of the molecule is CCCc1sc(C(=O)NCC2CNC2)cc1CC.Cl. The van der Waals surface area contributed by atoms with Crippen LogP contribution in [0.15, 0.2) is 6.07 Å². The maximum Gasteiger partial charge on any atom is 0.261 e. The number of aryl methyl sites for hydroxylation is 2. The normalized spacial score (nSPS) is 14.6. The number of thiophene rings is 1. The summed E-state index contributed by atoms with van der Waals surface area (Å²) in [6, 6.07) is 2.07. The Morgan fingerprint density at radius 3 is 2.74 bits per heavy atom. The molecule has 0 unspecified atom stereocenters. The second-order valence-corrected chi connectivity index (χ2v) is 6.03. The first-order valence-electron chi connectivity index (χ1n) is 6.85. The maximum absolute atomic E-state index is 12.1. The van der Waals surface area contributed by atoms with Crippen LogP contribution in [0.3, 0.4) is 0 Å². The van der Waals surface area contributed by atoms with Crippen molar-refractivity contribution in [3.63, 3.8) is 0 Å². The summed E-state index contributed by atoms with van der Waals surface area (Å²) in [4.78, 5) is 14.3. The van der Waals surface area contributed by atoms with Gasteiger partial charge < -0.3 is 10.6 Å². The minimum Gasteiger partial charge on any atom is -0.351 e. The van der Waals surface area contributed by atoms with Crippen LogP contribution in [0.25, 0.3) is 0 Å². The molecule has 1 amide bonds. The molecule has 0 aliphatic carbocycles. The number of carbonyl (C=O) groups is 1. The fraction of sp³-hybridized carbons (Fsp3) is 0.643. The van der Waals surface area contributed by atoms with Gasteiger partial charge in [-0.05, 0) is 24.5 Å². The zero-order valence-electron chi connectivity index (χ0n) is 11.6. The summed E-state index contributed by atoms with van der Waals surface area (Å²) in [5.41, 5.74) is 1.34. The van der Waals surface area contributed by atoms with E-state index in [9.17, 15) is 4.79 Å². The molecule has 2 rings (SSSR count). The van der Waals surface area contributed by atoms with Crippen LogP contribution in [0.4, 0.5) is 0 Å². The van der Waals surface area contributed by atoms with E-state index < -0.39 is 0 Å². The van der Waals surface area contributed by atoms with Gasteiger partial charge in [-0.1, -0.05) is 20.3 Å². The van der Waals surface area contributed by atoms with E-state index in [0.29, 0.717) is 5.92 Å². The summed E-state index contributed by atoms with van der Waals surface area (Å²) >= 11 is 1.67. The Kier molecular flexibility index (Phi) is 6.83. The zero-order chi connectivity index (χ0) is 13.0. The van der Waals surface area contributed by atoms with Crippen LogP contribution in [0, 0.1) is 5.92 Å². The number of amides is 1. The monoisotopic (exact) mass is 302 g/mol. The number of halogens is 1. The van der Waals surface area contributed by atoms with Crippen LogP contribution < -0.4 is 10.6 Å². The third-order valence-electron chi connectivity index (χ3n) is 3.40. The van der Waals surface area contributed by atoms with Crippen LogP contribution >= 0.6 is 23.7 Å². The lowest BCUT2D eigenvalue weighted by molar-refractivity contribution is 0.0946. The Morgan fingerprint density at radius 1 is 1.47 bits per heavy atom. The van der Waals surface area contributed by atoms with Crippen LogP contribution in [0.1, 0.15) is 40.4 Å². The molecule has 0 bridgehead atoms. The van der Waals surface area contributed by atoms with E-state index in [1.165, 1.54) is 10.4 Å². The lowest BCUT2D eigenvalue weighted by Crippen LogP contribution is -2.48. The topological polar surface area (TPSA) is 41.1 Å². The van der Waals surface area contributed by atoms with Crippen molar-refractivity contribution in [3.05, 3.63) is 21.4 Å². The Morgan fingerprint density at radius 2 is 2.21 bits per heavy atom. The molecule has 1 aromatic rings. The molecule has 0 saturated carbocycles. The molecule has 0 spiro atoms. The van der Waals surface area contributed by atoms with Crippen LogP contribution in [0.5, 0.6) is 0 Å². The van der Waals surface area contributed by atoms with Gasteiger partial charge in [0.1, 0.15) is 0 Å². The highest BCUT2D eigenvalue weighted by molar-refractivity contribution is 7.14. The average Bonchev–Trinajstić information content (AvgIpc) is 2.70. The van der Waals surface area contributed by atoms with E-state index in [2.05, 4.69) is 30.5 Å². The van der Waals surface area contributed by atoms with Crippen molar-refractivity contribution in [2.45, 2.75) is 33.1 Å². The van der Waals surface area contributed by atoms with Gasteiger partial charge >= 0.3 is 0 Å². The number of nitrogens with one attached hydrogen (secondary N) is 2. The molecule has 5 heteroatoms. The molecule has 108 valence electrons. The van der Waals surface area contributed by atoms with Crippen molar-refractivity contribution in [1.82, 2.24) is 10.6 Å².